The van der Waals surface area contributed by atoms with E-state index in [1.165, 1.54) is 6.08 Å². The molecule has 0 saturated carbocycles. The molecule has 0 bridgehead atoms. The first-order chi connectivity index (χ1) is 14.5. The number of aliphatic hydroxyl groups is 4. The average molecular weight is 416 g/mol. The van der Waals surface area contributed by atoms with Gasteiger partial charge >= 0.3 is 5.97 Å². The first kappa shape index (κ1) is 21.9. The van der Waals surface area contributed by atoms with Crippen molar-refractivity contribution in [2.24, 2.45) is 0 Å². The third-order valence-corrected chi connectivity index (χ3v) is 4.66. The molecule has 8 heteroatoms. The predicted octanol–water partition coefficient (Wildman–Crippen LogP) is 0.622. The minimum absolute atomic E-state index is 0.258. The van der Waals surface area contributed by atoms with Crippen LogP contribution in [-0.4, -0.2) is 63.7 Å². The van der Waals surface area contributed by atoms with Gasteiger partial charge in [-0.1, -0.05) is 48.5 Å². The van der Waals surface area contributed by atoms with Crippen LogP contribution in [0.4, 0.5) is 0 Å². The Labute approximate surface area is 173 Å². The summed E-state index contributed by atoms with van der Waals surface area (Å²) in [7, 11) is 0. The van der Waals surface area contributed by atoms with Crippen LogP contribution in [0.2, 0.25) is 0 Å². The highest BCUT2D eigenvalue weighted by Crippen LogP contribution is 2.26. The fraction of sp³-hybridized carbons (Fsp3) is 0.318. The van der Waals surface area contributed by atoms with Crippen LogP contribution in [0.3, 0.4) is 0 Å². The van der Waals surface area contributed by atoms with Crippen LogP contribution in [0.5, 0.6) is 5.75 Å². The zero-order chi connectivity index (χ0) is 21.5. The molecule has 30 heavy (non-hydrogen) atoms. The van der Waals surface area contributed by atoms with E-state index in [-0.39, 0.29) is 19.0 Å². The zero-order valence-corrected chi connectivity index (χ0v) is 16.1. The predicted molar refractivity (Wildman–Crippen MR) is 106 cm³/mol. The minimum Gasteiger partial charge on any atom is -0.462 e. The Balaban J connectivity index is 1.61. The van der Waals surface area contributed by atoms with Crippen molar-refractivity contribution in [3.8, 4) is 5.75 Å². The standard InChI is InChI=1S/C22H24O8/c23-12-15-8-4-5-9-16(15)29-22-21(27)20(26)19(25)17(30-22)13-28-18(24)11-10-14-6-2-1-3-7-14/h1-11,17,19-23,25-27H,12-13H2/b11-10+/t17-,19-,20+,21-,22-/m1/s1. The molecule has 1 fully saturated rings. The van der Waals surface area contributed by atoms with Crippen molar-refractivity contribution < 1.29 is 39.4 Å². The summed E-state index contributed by atoms with van der Waals surface area (Å²) < 4.78 is 16.2. The van der Waals surface area contributed by atoms with Crippen LogP contribution >= 0.6 is 0 Å². The maximum atomic E-state index is 12.0. The Morgan fingerprint density at radius 3 is 2.40 bits per heavy atom. The van der Waals surface area contributed by atoms with Crippen LogP contribution in [0.15, 0.2) is 60.7 Å². The second-order valence-electron chi connectivity index (χ2n) is 6.77. The molecule has 5 atom stereocenters. The number of esters is 1. The summed E-state index contributed by atoms with van der Waals surface area (Å²) in [5.74, 6) is -0.396. The van der Waals surface area contributed by atoms with Crippen LogP contribution in [-0.2, 0) is 20.9 Å². The van der Waals surface area contributed by atoms with E-state index in [9.17, 15) is 25.2 Å². The number of carbonyl (C=O) groups is 1. The summed E-state index contributed by atoms with van der Waals surface area (Å²) in [4.78, 5) is 12.0. The Morgan fingerprint density at radius 2 is 1.67 bits per heavy atom. The van der Waals surface area contributed by atoms with Crippen LogP contribution in [0.25, 0.3) is 6.08 Å². The maximum absolute atomic E-state index is 12.0. The molecule has 1 saturated heterocycles. The average Bonchev–Trinajstić information content (AvgIpc) is 2.78. The molecule has 0 amide bonds. The van der Waals surface area contributed by atoms with Crippen molar-refractivity contribution in [2.75, 3.05) is 6.61 Å². The maximum Gasteiger partial charge on any atom is 0.330 e. The van der Waals surface area contributed by atoms with Gasteiger partial charge in [0.2, 0.25) is 6.29 Å². The molecular weight excluding hydrogens is 392 g/mol. The number of benzene rings is 2. The van der Waals surface area contributed by atoms with Crippen molar-refractivity contribution in [2.45, 2.75) is 37.3 Å². The van der Waals surface area contributed by atoms with Crippen LogP contribution < -0.4 is 4.74 Å². The Kier molecular flexibility index (Phi) is 7.56. The lowest BCUT2D eigenvalue weighted by Gasteiger charge is -2.40. The number of ether oxygens (including phenoxy) is 3. The highest BCUT2D eigenvalue weighted by Gasteiger charge is 2.45. The number of aliphatic hydroxyl groups excluding tert-OH is 4. The smallest absolute Gasteiger partial charge is 0.330 e. The molecule has 0 unspecified atom stereocenters. The lowest BCUT2D eigenvalue weighted by atomic mass is 9.99. The molecule has 160 valence electrons. The van der Waals surface area contributed by atoms with Gasteiger partial charge < -0.3 is 34.6 Å². The molecule has 8 nitrogen and oxygen atoms in total. The van der Waals surface area contributed by atoms with Gasteiger partial charge in [-0.3, -0.25) is 0 Å². The van der Waals surface area contributed by atoms with Gasteiger partial charge in [-0.05, 0) is 17.7 Å². The number of hydrogen-bond donors (Lipinski definition) is 4. The van der Waals surface area contributed by atoms with Crippen LogP contribution in [0, 0.1) is 0 Å². The van der Waals surface area contributed by atoms with Gasteiger partial charge in [0, 0.05) is 11.6 Å². The fourth-order valence-corrected chi connectivity index (χ4v) is 2.97. The second-order valence-corrected chi connectivity index (χ2v) is 6.77. The highest BCUT2D eigenvalue weighted by molar-refractivity contribution is 5.87. The van der Waals surface area contributed by atoms with Crippen molar-refractivity contribution in [3.05, 3.63) is 71.8 Å². The first-order valence-corrected chi connectivity index (χ1v) is 9.44. The molecule has 2 aromatic carbocycles. The Hall–Kier alpha value is -2.75. The van der Waals surface area contributed by atoms with Gasteiger partial charge in [-0.15, -0.1) is 0 Å². The summed E-state index contributed by atoms with van der Waals surface area (Å²) in [5.41, 5.74) is 1.28. The van der Waals surface area contributed by atoms with E-state index in [4.69, 9.17) is 14.2 Å². The van der Waals surface area contributed by atoms with Gasteiger partial charge in [0.15, 0.2) is 0 Å². The normalized spacial score (nSPS) is 26.5. The summed E-state index contributed by atoms with van der Waals surface area (Å²) in [6.45, 7) is -0.649. The van der Waals surface area contributed by atoms with E-state index in [0.29, 0.717) is 5.56 Å². The third kappa shape index (κ3) is 5.44. The lowest BCUT2D eigenvalue weighted by molar-refractivity contribution is -0.278. The summed E-state index contributed by atoms with van der Waals surface area (Å²) in [6.07, 6.45) is -4.24. The molecule has 4 N–H and O–H groups in total. The van der Waals surface area contributed by atoms with Gasteiger partial charge in [0.1, 0.15) is 36.8 Å². The topological polar surface area (TPSA) is 126 Å². The van der Waals surface area contributed by atoms with Gasteiger partial charge in [-0.25, -0.2) is 4.79 Å². The Morgan fingerprint density at radius 1 is 0.967 bits per heavy atom. The summed E-state index contributed by atoms with van der Waals surface area (Å²) >= 11 is 0. The fourth-order valence-electron chi connectivity index (χ4n) is 2.97. The van der Waals surface area contributed by atoms with Crippen molar-refractivity contribution in [1.82, 2.24) is 0 Å². The summed E-state index contributed by atoms with van der Waals surface area (Å²) in [5, 5.41) is 39.9. The van der Waals surface area contributed by atoms with E-state index >= 15 is 0 Å². The number of carbonyl (C=O) groups excluding carboxylic acids is 1. The molecule has 1 aliphatic heterocycles. The number of para-hydroxylation sites is 1. The monoisotopic (exact) mass is 416 g/mol. The van der Waals surface area contributed by atoms with Crippen molar-refractivity contribution in [1.29, 1.82) is 0 Å². The highest BCUT2D eigenvalue weighted by atomic mass is 16.7. The molecule has 0 aromatic heterocycles. The SMILES string of the molecule is O=C(/C=C/c1ccccc1)OC[C@H]1O[C@@H](Oc2ccccc2CO)[C@H](O)[C@@H](O)[C@@H]1O. The molecule has 1 aliphatic rings. The molecule has 0 radical (unpaired) electrons. The molecule has 3 rings (SSSR count). The van der Waals surface area contributed by atoms with E-state index < -0.39 is 36.7 Å². The number of rotatable bonds is 7. The van der Waals surface area contributed by atoms with E-state index in [0.717, 1.165) is 5.56 Å². The van der Waals surface area contributed by atoms with Crippen molar-refractivity contribution >= 4 is 12.0 Å². The largest absolute Gasteiger partial charge is 0.462 e. The first-order valence-electron chi connectivity index (χ1n) is 9.44. The zero-order valence-electron chi connectivity index (χ0n) is 16.1. The van der Waals surface area contributed by atoms with E-state index in [1.807, 2.05) is 30.3 Å². The quantitative estimate of drug-likeness (QED) is 0.382. The minimum atomic E-state index is -1.58. The molecule has 1 heterocycles. The molecule has 2 aromatic rings. The second kappa shape index (κ2) is 10.3. The van der Waals surface area contributed by atoms with E-state index in [2.05, 4.69) is 0 Å². The molecule has 0 aliphatic carbocycles. The van der Waals surface area contributed by atoms with Gasteiger partial charge in [0.25, 0.3) is 0 Å². The van der Waals surface area contributed by atoms with Crippen molar-refractivity contribution in [3.63, 3.8) is 0 Å². The molecule has 0 spiro atoms. The van der Waals surface area contributed by atoms with E-state index in [1.54, 1.807) is 30.3 Å². The van der Waals surface area contributed by atoms with Crippen LogP contribution in [0.1, 0.15) is 11.1 Å². The van der Waals surface area contributed by atoms with Gasteiger partial charge in [-0.2, -0.15) is 0 Å². The molecular formula is C22H24O8. The number of hydrogen-bond acceptors (Lipinski definition) is 8. The third-order valence-electron chi connectivity index (χ3n) is 4.66. The summed E-state index contributed by atoms with van der Waals surface area (Å²) in [6, 6.07) is 15.8. The lowest BCUT2D eigenvalue weighted by Crippen LogP contribution is -2.60. The Bertz CT molecular complexity index is 853. The van der Waals surface area contributed by atoms with Gasteiger partial charge in [0.05, 0.1) is 6.61 Å².